The van der Waals surface area contributed by atoms with Gasteiger partial charge in [-0.15, -0.1) is 0 Å². The van der Waals surface area contributed by atoms with Gasteiger partial charge in [-0.25, -0.2) is 4.79 Å². The highest BCUT2D eigenvalue weighted by Crippen LogP contribution is 2.14. The fourth-order valence-corrected chi connectivity index (χ4v) is 1.83. The molecule has 1 saturated heterocycles. The standard InChI is InChI=1S/C11H22N2O2/c1-8(2)15-11(14)13-6-9(3)12(5)10(4)7-13/h8-10H,6-7H2,1-5H3. The van der Waals surface area contributed by atoms with Crippen LogP contribution in [0.15, 0.2) is 0 Å². The van der Waals surface area contributed by atoms with E-state index in [0.717, 1.165) is 13.1 Å². The summed E-state index contributed by atoms with van der Waals surface area (Å²) in [5.41, 5.74) is 0. The Hall–Kier alpha value is -0.770. The Bertz CT molecular complexity index is 219. The number of hydrogen-bond donors (Lipinski definition) is 0. The van der Waals surface area contributed by atoms with Crippen molar-refractivity contribution in [2.24, 2.45) is 0 Å². The molecule has 0 bridgehead atoms. The third-order valence-corrected chi connectivity index (χ3v) is 2.95. The van der Waals surface area contributed by atoms with Crippen LogP contribution in [0.4, 0.5) is 4.79 Å². The molecule has 0 saturated carbocycles. The lowest BCUT2D eigenvalue weighted by molar-refractivity contribution is 0.0290. The molecule has 1 aliphatic rings. The summed E-state index contributed by atoms with van der Waals surface area (Å²) in [6.07, 6.45) is -0.223. The van der Waals surface area contributed by atoms with Crippen LogP contribution in [-0.4, -0.2) is 54.2 Å². The van der Waals surface area contributed by atoms with Gasteiger partial charge in [0.05, 0.1) is 6.10 Å². The van der Waals surface area contributed by atoms with Crippen molar-refractivity contribution in [2.75, 3.05) is 20.1 Å². The first-order valence-electron chi connectivity index (χ1n) is 5.59. The number of carbonyl (C=O) groups is 1. The molecule has 1 heterocycles. The van der Waals surface area contributed by atoms with Crippen LogP contribution in [0.5, 0.6) is 0 Å². The number of rotatable bonds is 1. The van der Waals surface area contributed by atoms with Crippen LogP contribution in [0.3, 0.4) is 0 Å². The first-order chi connectivity index (χ1) is 6.91. The molecular formula is C11H22N2O2. The van der Waals surface area contributed by atoms with Gasteiger partial charge in [-0.2, -0.15) is 0 Å². The summed E-state index contributed by atoms with van der Waals surface area (Å²) in [5, 5.41) is 0. The van der Waals surface area contributed by atoms with Crippen LogP contribution in [0.25, 0.3) is 0 Å². The lowest BCUT2D eigenvalue weighted by Gasteiger charge is -2.41. The van der Waals surface area contributed by atoms with Gasteiger partial charge in [-0.05, 0) is 34.7 Å². The molecule has 0 aromatic heterocycles. The van der Waals surface area contributed by atoms with Gasteiger partial charge < -0.3 is 9.64 Å². The lowest BCUT2D eigenvalue weighted by atomic mass is 10.1. The molecule has 0 spiro atoms. The van der Waals surface area contributed by atoms with E-state index in [-0.39, 0.29) is 12.2 Å². The minimum atomic E-state index is -0.184. The molecule has 1 aliphatic heterocycles. The van der Waals surface area contributed by atoms with E-state index in [0.29, 0.717) is 12.1 Å². The van der Waals surface area contributed by atoms with Crippen molar-refractivity contribution in [1.82, 2.24) is 9.80 Å². The summed E-state index contributed by atoms with van der Waals surface area (Å²) in [6.45, 7) is 9.52. The topological polar surface area (TPSA) is 32.8 Å². The van der Waals surface area contributed by atoms with Crippen molar-refractivity contribution in [3.8, 4) is 0 Å². The van der Waals surface area contributed by atoms with Crippen LogP contribution >= 0.6 is 0 Å². The first-order valence-corrected chi connectivity index (χ1v) is 5.59. The van der Waals surface area contributed by atoms with E-state index >= 15 is 0 Å². The second-order valence-electron chi connectivity index (χ2n) is 4.70. The summed E-state index contributed by atoms with van der Waals surface area (Å²) >= 11 is 0. The van der Waals surface area contributed by atoms with Crippen molar-refractivity contribution in [3.05, 3.63) is 0 Å². The van der Waals surface area contributed by atoms with E-state index in [2.05, 4.69) is 25.8 Å². The molecule has 2 atom stereocenters. The summed E-state index contributed by atoms with van der Waals surface area (Å²) < 4.78 is 5.19. The maximum Gasteiger partial charge on any atom is 0.410 e. The van der Waals surface area contributed by atoms with E-state index in [1.54, 1.807) is 4.90 Å². The second-order valence-corrected chi connectivity index (χ2v) is 4.70. The minimum absolute atomic E-state index is 0.0391. The summed E-state index contributed by atoms with van der Waals surface area (Å²) in [6, 6.07) is 0.793. The van der Waals surface area contributed by atoms with Gasteiger partial charge in [0, 0.05) is 25.2 Å². The fourth-order valence-electron chi connectivity index (χ4n) is 1.83. The van der Waals surface area contributed by atoms with Crippen LogP contribution in [0.2, 0.25) is 0 Å². The zero-order valence-electron chi connectivity index (χ0n) is 10.4. The monoisotopic (exact) mass is 214 g/mol. The predicted molar refractivity (Wildman–Crippen MR) is 59.9 cm³/mol. The van der Waals surface area contributed by atoms with Gasteiger partial charge in [-0.3, -0.25) is 4.90 Å². The number of hydrogen-bond acceptors (Lipinski definition) is 3. The smallest absolute Gasteiger partial charge is 0.410 e. The third-order valence-electron chi connectivity index (χ3n) is 2.95. The maximum atomic E-state index is 11.7. The number of likely N-dealkylation sites (N-methyl/N-ethyl adjacent to an activating group) is 1. The normalized spacial score (nSPS) is 28.3. The van der Waals surface area contributed by atoms with Gasteiger partial charge in [0.1, 0.15) is 0 Å². The largest absolute Gasteiger partial charge is 0.447 e. The number of piperazine rings is 1. The van der Waals surface area contributed by atoms with Crippen LogP contribution < -0.4 is 0 Å². The number of ether oxygens (including phenoxy) is 1. The fraction of sp³-hybridized carbons (Fsp3) is 0.909. The van der Waals surface area contributed by atoms with Crippen molar-refractivity contribution >= 4 is 6.09 Å². The summed E-state index contributed by atoms with van der Waals surface area (Å²) in [7, 11) is 2.10. The van der Waals surface area contributed by atoms with E-state index in [1.165, 1.54) is 0 Å². The average molecular weight is 214 g/mol. The highest BCUT2D eigenvalue weighted by molar-refractivity contribution is 5.68. The van der Waals surface area contributed by atoms with Gasteiger partial charge >= 0.3 is 6.09 Å². The highest BCUT2D eigenvalue weighted by Gasteiger charge is 2.30. The quantitative estimate of drug-likeness (QED) is 0.664. The van der Waals surface area contributed by atoms with Crippen molar-refractivity contribution < 1.29 is 9.53 Å². The SMILES string of the molecule is CC(C)OC(=O)N1CC(C)N(C)C(C)C1. The molecule has 0 aliphatic carbocycles. The van der Waals surface area contributed by atoms with Gasteiger partial charge in [-0.1, -0.05) is 0 Å². The minimum Gasteiger partial charge on any atom is -0.447 e. The zero-order valence-corrected chi connectivity index (χ0v) is 10.4. The highest BCUT2D eigenvalue weighted by atomic mass is 16.6. The molecule has 0 radical (unpaired) electrons. The molecule has 88 valence electrons. The van der Waals surface area contributed by atoms with E-state index in [1.807, 2.05) is 13.8 Å². The number of amides is 1. The Morgan fingerprint density at radius 1 is 1.27 bits per heavy atom. The zero-order chi connectivity index (χ0) is 11.6. The van der Waals surface area contributed by atoms with Crippen LogP contribution in [-0.2, 0) is 4.74 Å². The maximum absolute atomic E-state index is 11.7. The van der Waals surface area contributed by atoms with Crippen LogP contribution in [0, 0.1) is 0 Å². The molecule has 0 N–H and O–H groups in total. The average Bonchev–Trinajstić information content (AvgIpc) is 2.12. The Morgan fingerprint density at radius 2 is 1.73 bits per heavy atom. The molecule has 15 heavy (non-hydrogen) atoms. The third kappa shape index (κ3) is 3.09. The predicted octanol–water partition coefficient (Wildman–Crippen LogP) is 1.56. The molecule has 1 rings (SSSR count). The van der Waals surface area contributed by atoms with Crippen molar-refractivity contribution in [3.63, 3.8) is 0 Å². The number of carbonyl (C=O) groups excluding carboxylic acids is 1. The van der Waals surface area contributed by atoms with Gasteiger partial charge in [0.2, 0.25) is 0 Å². The van der Waals surface area contributed by atoms with Crippen LogP contribution in [0.1, 0.15) is 27.7 Å². The summed E-state index contributed by atoms with van der Waals surface area (Å²) in [4.78, 5) is 15.8. The molecule has 0 aromatic rings. The second kappa shape index (κ2) is 4.84. The Morgan fingerprint density at radius 3 is 2.13 bits per heavy atom. The van der Waals surface area contributed by atoms with E-state index in [9.17, 15) is 4.79 Å². The molecule has 1 amide bonds. The Labute approximate surface area is 92.2 Å². The van der Waals surface area contributed by atoms with E-state index < -0.39 is 0 Å². The van der Waals surface area contributed by atoms with Crippen molar-refractivity contribution in [2.45, 2.75) is 45.9 Å². The van der Waals surface area contributed by atoms with Crippen molar-refractivity contribution in [1.29, 1.82) is 0 Å². The molecule has 4 nitrogen and oxygen atoms in total. The summed E-state index contributed by atoms with van der Waals surface area (Å²) in [5.74, 6) is 0. The molecule has 0 aromatic carbocycles. The van der Waals surface area contributed by atoms with Gasteiger partial charge in [0.15, 0.2) is 0 Å². The first kappa shape index (κ1) is 12.3. The number of nitrogens with zero attached hydrogens (tertiary/aromatic N) is 2. The van der Waals surface area contributed by atoms with Gasteiger partial charge in [0.25, 0.3) is 0 Å². The lowest BCUT2D eigenvalue weighted by Crippen LogP contribution is -2.56. The molecular weight excluding hydrogens is 192 g/mol. The van der Waals surface area contributed by atoms with E-state index in [4.69, 9.17) is 4.74 Å². The molecule has 4 heteroatoms. The molecule has 1 fully saturated rings. The Kier molecular flexibility index (Phi) is 3.97. The Balaban J connectivity index is 2.54. The molecule has 2 unspecified atom stereocenters.